The Labute approximate surface area is 192 Å². The van der Waals surface area contributed by atoms with Crippen LogP contribution in [0.15, 0.2) is 54.6 Å². The smallest absolute Gasteiger partial charge is 0.226 e. The molecule has 0 fully saturated rings. The van der Waals surface area contributed by atoms with Gasteiger partial charge in [0.1, 0.15) is 11.6 Å². The fraction of sp³-hybridized carbons (Fsp3) is 0.174. The molecule has 2 aromatic carbocycles. The Bertz CT molecular complexity index is 1440. The lowest BCUT2D eigenvalue weighted by molar-refractivity contribution is 0.103. The van der Waals surface area contributed by atoms with E-state index in [1.807, 2.05) is 6.92 Å². The molecule has 0 radical (unpaired) electrons. The molecule has 0 unspecified atom stereocenters. The van der Waals surface area contributed by atoms with Crippen molar-refractivity contribution in [1.29, 1.82) is 0 Å². The topological polar surface area (TPSA) is 115 Å². The first-order valence-electron chi connectivity index (χ1n) is 10.4. The van der Waals surface area contributed by atoms with Gasteiger partial charge in [0.05, 0.1) is 18.2 Å². The molecule has 0 saturated heterocycles. The number of rotatable bonds is 6. The third-order valence-corrected chi connectivity index (χ3v) is 5.67. The van der Waals surface area contributed by atoms with E-state index in [-0.39, 0.29) is 28.5 Å². The predicted molar refractivity (Wildman–Crippen MR) is 118 cm³/mol. The van der Waals surface area contributed by atoms with Gasteiger partial charge < -0.3 is 14.4 Å². The third kappa shape index (κ3) is 3.20. The van der Waals surface area contributed by atoms with Gasteiger partial charge in [0.15, 0.2) is 22.9 Å². The second-order valence-electron chi connectivity index (χ2n) is 7.49. The van der Waals surface area contributed by atoms with Gasteiger partial charge in [-0.15, -0.1) is 5.10 Å². The van der Waals surface area contributed by atoms with Gasteiger partial charge in [0.25, 0.3) is 0 Å². The van der Waals surface area contributed by atoms with Crippen molar-refractivity contribution in [1.82, 2.24) is 35.2 Å². The Hall–Kier alpha value is -4.25. The molecular weight excluding hydrogens is 444 g/mol. The second-order valence-corrected chi connectivity index (χ2v) is 7.49. The minimum Gasteiger partial charge on any atom is -0.480 e. The van der Waals surface area contributed by atoms with Crippen molar-refractivity contribution >= 4 is 11.2 Å². The number of benzene rings is 2. The molecule has 3 heterocycles. The van der Waals surface area contributed by atoms with E-state index in [1.54, 1.807) is 22.8 Å². The molecule has 5 rings (SSSR count). The average molecular weight is 463 g/mol. The number of aromatic nitrogens is 7. The summed E-state index contributed by atoms with van der Waals surface area (Å²) < 4.78 is 37.2. The Morgan fingerprint density at radius 2 is 1.68 bits per heavy atom. The van der Waals surface area contributed by atoms with Crippen molar-refractivity contribution in [3.8, 4) is 17.3 Å². The van der Waals surface area contributed by atoms with Gasteiger partial charge in [-0.05, 0) is 35.5 Å². The van der Waals surface area contributed by atoms with Gasteiger partial charge in [-0.2, -0.15) is 4.98 Å². The molecule has 0 aliphatic heterocycles. The van der Waals surface area contributed by atoms with Gasteiger partial charge in [0, 0.05) is 17.7 Å². The van der Waals surface area contributed by atoms with Crippen molar-refractivity contribution < 1.29 is 18.6 Å². The highest BCUT2D eigenvalue weighted by Gasteiger charge is 2.43. The molecule has 0 amide bonds. The number of H-pyrrole nitrogens is 1. The number of halogens is 2. The summed E-state index contributed by atoms with van der Waals surface area (Å²) in [5, 5.41) is 25.9. The van der Waals surface area contributed by atoms with E-state index in [9.17, 15) is 5.11 Å². The van der Waals surface area contributed by atoms with Crippen LogP contribution in [0, 0.1) is 11.6 Å². The number of pyridine rings is 1. The molecule has 11 heteroatoms. The lowest BCUT2D eigenvalue weighted by Gasteiger charge is -2.30. The molecule has 3 aromatic heterocycles. The van der Waals surface area contributed by atoms with Gasteiger partial charge in [0.2, 0.25) is 5.88 Å². The van der Waals surface area contributed by atoms with E-state index < -0.39 is 17.2 Å². The molecule has 9 nitrogen and oxygen atoms in total. The molecule has 0 aliphatic carbocycles. The summed E-state index contributed by atoms with van der Waals surface area (Å²) in [6, 6.07) is 13.0. The zero-order valence-corrected chi connectivity index (χ0v) is 18.2. The monoisotopic (exact) mass is 463 g/mol. The fourth-order valence-electron chi connectivity index (χ4n) is 4.12. The Morgan fingerprint density at radius 3 is 2.21 bits per heavy atom. The van der Waals surface area contributed by atoms with Gasteiger partial charge in [-0.3, -0.25) is 0 Å². The second kappa shape index (κ2) is 8.27. The van der Waals surface area contributed by atoms with Gasteiger partial charge >= 0.3 is 0 Å². The van der Waals surface area contributed by atoms with E-state index in [0.29, 0.717) is 23.4 Å². The number of imidazole rings is 1. The Kier molecular flexibility index (Phi) is 5.25. The zero-order valence-electron chi connectivity index (χ0n) is 18.2. The largest absolute Gasteiger partial charge is 0.480 e. The lowest BCUT2D eigenvalue weighted by Crippen LogP contribution is -2.34. The van der Waals surface area contributed by atoms with E-state index in [0.717, 1.165) is 0 Å². The maximum Gasteiger partial charge on any atom is 0.226 e. The van der Waals surface area contributed by atoms with Crippen molar-refractivity contribution in [3.05, 3.63) is 83.2 Å². The molecule has 0 bridgehead atoms. The van der Waals surface area contributed by atoms with E-state index in [1.165, 1.54) is 43.5 Å². The number of ether oxygens (including phenoxy) is 1. The minimum atomic E-state index is -2.26. The number of hydrogen-bond acceptors (Lipinski definition) is 7. The number of hydrogen-bond donors (Lipinski definition) is 2. The molecule has 172 valence electrons. The molecule has 34 heavy (non-hydrogen) atoms. The van der Waals surface area contributed by atoms with Crippen LogP contribution in [0.25, 0.3) is 22.6 Å². The van der Waals surface area contributed by atoms with Crippen LogP contribution < -0.4 is 4.74 Å². The van der Waals surface area contributed by atoms with E-state index >= 15 is 8.78 Å². The SMILES string of the molecule is CCn1c(C(O)(c2ccccc2F)c2ccccc2F)nc2nc(OC)c(-c3nnn[nH]3)cc21. The highest BCUT2D eigenvalue weighted by Crippen LogP contribution is 2.40. The van der Waals surface area contributed by atoms with Crippen molar-refractivity contribution in [2.75, 3.05) is 7.11 Å². The van der Waals surface area contributed by atoms with Gasteiger partial charge in [-0.25, -0.2) is 18.9 Å². The molecule has 0 aliphatic rings. The molecule has 0 saturated carbocycles. The summed E-state index contributed by atoms with van der Waals surface area (Å²) in [6.45, 7) is 2.15. The number of fused-ring (bicyclic) bond motifs is 1. The first kappa shape index (κ1) is 21.6. The number of aryl methyl sites for hydroxylation is 1. The van der Waals surface area contributed by atoms with Crippen molar-refractivity contribution in [3.63, 3.8) is 0 Å². The van der Waals surface area contributed by atoms with E-state index in [2.05, 4.69) is 30.6 Å². The average Bonchev–Trinajstić information content (AvgIpc) is 3.51. The maximum atomic E-state index is 15.1. The normalized spacial score (nSPS) is 11.8. The van der Waals surface area contributed by atoms with Crippen LogP contribution in [-0.2, 0) is 12.1 Å². The summed E-state index contributed by atoms with van der Waals surface area (Å²) in [7, 11) is 1.44. The number of nitrogens with zero attached hydrogens (tertiary/aromatic N) is 6. The highest BCUT2D eigenvalue weighted by atomic mass is 19.1. The fourth-order valence-corrected chi connectivity index (χ4v) is 4.12. The summed E-state index contributed by atoms with van der Waals surface area (Å²) in [4.78, 5) is 9.00. The molecule has 0 spiro atoms. The first-order valence-corrected chi connectivity index (χ1v) is 10.4. The molecular formula is C23H19F2N7O2. The van der Waals surface area contributed by atoms with Crippen molar-refractivity contribution in [2.45, 2.75) is 19.1 Å². The van der Waals surface area contributed by atoms with Crippen LogP contribution in [0.4, 0.5) is 8.78 Å². The highest BCUT2D eigenvalue weighted by molar-refractivity contribution is 5.81. The van der Waals surface area contributed by atoms with E-state index in [4.69, 9.17) is 4.74 Å². The number of aliphatic hydroxyl groups is 1. The number of tetrazole rings is 1. The summed E-state index contributed by atoms with van der Waals surface area (Å²) in [6.07, 6.45) is 0. The van der Waals surface area contributed by atoms with Crippen molar-refractivity contribution in [2.24, 2.45) is 0 Å². The van der Waals surface area contributed by atoms with Crippen LogP contribution in [0.3, 0.4) is 0 Å². The quantitative estimate of drug-likeness (QED) is 0.397. The van der Waals surface area contributed by atoms with Crippen LogP contribution in [0.1, 0.15) is 23.9 Å². The standard InChI is InChI=1S/C23H19F2N7O2/c1-3-32-18-12-13(19-28-30-31-29-19)21(34-2)26-20(18)27-22(32)23(33,14-8-4-6-10-16(14)24)15-9-5-7-11-17(15)25/h4-12,33H,3H2,1-2H3,(H,28,29,30,31). The van der Waals surface area contributed by atoms with Crippen LogP contribution >= 0.6 is 0 Å². The van der Waals surface area contributed by atoms with Crippen LogP contribution in [0.5, 0.6) is 5.88 Å². The molecule has 0 atom stereocenters. The Balaban J connectivity index is 1.86. The first-order chi connectivity index (χ1) is 16.5. The number of nitrogens with one attached hydrogen (secondary N) is 1. The van der Waals surface area contributed by atoms with Crippen LogP contribution in [0.2, 0.25) is 0 Å². The van der Waals surface area contributed by atoms with Crippen LogP contribution in [-0.4, -0.2) is 47.4 Å². The summed E-state index contributed by atoms with van der Waals surface area (Å²) >= 11 is 0. The zero-order chi connectivity index (χ0) is 23.9. The molecule has 5 aromatic rings. The number of aromatic amines is 1. The third-order valence-electron chi connectivity index (χ3n) is 5.67. The summed E-state index contributed by atoms with van der Waals surface area (Å²) in [5.74, 6) is -0.903. The maximum absolute atomic E-state index is 15.1. The number of methoxy groups -OCH3 is 1. The Morgan fingerprint density at radius 1 is 1.03 bits per heavy atom. The minimum absolute atomic E-state index is 0.00241. The predicted octanol–water partition coefficient (Wildman–Crippen LogP) is 3.20. The van der Waals surface area contributed by atoms with Gasteiger partial charge in [-0.1, -0.05) is 36.4 Å². The molecule has 2 N–H and O–H groups in total. The summed E-state index contributed by atoms with van der Waals surface area (Å²) in [5.41, 5.74) is -1.36. The lowest BCUT2D eigenvalue weighted by atomic mass is 9.84.